The van der Waals surface area contributed by atoms with Gasteiger partial charge in [0.15, 0.2) is 5.96 Å². The number of hydrogen-bond acceptors (Lipinski definition) is 15. The zero-order chi connectivity index (χ0) is 47.9. The number of aliphatic imine (C=N–C) groups is 1. The van der Waals surface area contributed by atoms with E-state index in [0.29, 0.717) is 0 Å². The number of aliphatic carboxylic acids is 3. The van der Waals surface area contributed by atoms with Gasteiger partial charge in [0.05, 0.1) is 32.0 Å². The van der Waals surface area contributed by atoms with E-state index in [0.717, 1.165) is 21.6 Å². The molecule has 8 amide bonds. The van der Waals surface area contributed by atoms with Gasteiger partial charge in [-0.1, -0.05) is 35.4 Å². The molecule has 62 heavy (non-hydrogen) atoms. The van der Waals surface area contributed by atoms with Crippen LogP contribution in [0.4, 0.5) is 13.2 Å². The molecule has 0 aromatic carbocycles. The lowest BCUT2D eigenvalue weighted by molar-refractivity contribution is -0.192. The average molecular weight is 935 g/mol. The monoisotopic (exact) mass is 934 g/mol. The fraction of sp³-hybridized carbons (Fsp3) is 0.613. The van der Waals surface area contributed by atoms with Gasteiger partial charge in [0, 0.05) is 18.1 Å². The number of halogens is 3. The molecule has 6 unspecified atom stereocenters. The summed E-state index contributed by atoms with van der Waals surface area (Å²) in [5, 5.41) is 41.8. The van der Waals surface area contributed by atoms with Crippen LogP contribution < -0.4 is 60.2 Å². The summed E-state index contributed by atoms with van der Waals surface area (Å²) < 4.78 is 31.7. The van der Waals surface area contributed by atoms with Crippen molar-refractivity contribution < 1.29 is 81.2 Å². The van der Waals surface area contributed by atoms with E-state index in [1.54, 1.807) is 0 Å². The number of nitrogens with one attached hydrogen (secondary N) is 7. The number of amides is 8. The van der Waals surface area contributed by atoms with Gasteiger partial charge >= 0.3 is 24.1 Å². The molecule has 31 heteroatoms. The summed E-state index contributed by atoms with van der Waals surface area (Å²) in [5.41, 5.74) is 22.0. The Kier molecular flexibility index (Phi) is 25.0. The molecule has 1 aliphatic rings. The molecule has 0 radical (unpaired) electrons. The number of hydrogen-bond donors (Lipinski definition) is 14. The van der Waals surface area contributed by atoms with Crippen LogP contribution in [0.3, 0.4) is 0 Å². The third kappa shape index (κ3) is 23.6. The molecule has 0 aliphatic carbocycles. The summed E-state index contributed by atoms with van der Waals surface area (Å²) in [7, 11) is 2.05. The van der Waals surface area contributed by atoms with Gasteiger partial charge in [-0.15, -0.1) is 0 Å². The Morgan fingerprint density at radius 1 is 0.710 bits per heavy atom. The van der Waals surface area contributed by atoms with Crippen LogP contribution >= 0.6 is 21.6 Å². The Morgan fingerprint density at radius 3 is 1.65 bits per heavy atom. The molecule has 1 heterocycles. The van der Waals surface area contributed by atoms with Crippen molar-refractivity contribution in [3.8, 4) is 0 Å². The molecular formula is C31H49F3N12O14S2. The SMILES string of the molecule is CC(C)C1NC(=O)C(CC(=O)O)NC(=O)C(CC(=O)O)NC(=O)CNC(=O)C(CCCN=C(N)N)NC(=O)CNC(=O)C(N)CSSCC(C(N)=O)NC1=O.O=C(O)C(F)(F)F. The van der Waals surface area contributed by atoms with Crippen LogP contribution in [0.5, 0.6) is 0 Å². The fourth-order valence-electron chi connectivity index (χ4n) is 4.45. The first-order valence-corrected chi connectivity index (χ1v) is 20.3. The molecule has 1 aliphatic heterocycles. The van der Waals surface area contributed by atoms with E-state index in [-0.39, 0.29) is 36.9 Å². The Balaban J connectivity index is 0.00000486. The molecule has 0 aromatic rings. The number of primary amides is 1. The number of carbonyl (C=O) groups excluding carboxylic acids is 8. The first-order valence-electron chi connectivity index (χ1n) is 17.8. The third-order valence-corrected chi connectivity index (χ3v) is 9.99. The van der Waals surface area contributed by atoms with E-state index >= 15 is 0 Å². The van der Waals surface area contributed by atoms with E-state index < -0.39 is 139 Å². The zero-order valence-corrected chi connectivity index (χ0v) is 34.6. The Bertz CT molecular complexity index is 1690. The van der Waals surface area contributed by atoms with Crippen LogP contribution in [0.1, 0.15) is 39.5 Å². The topological polar surface area (TPSA) is 449 Å². The number of rotatable bonds is 10. The minimum Gasteiger partial charge on any atom is -0.481 e. The first-order chi connectivity index (χ1) is 28.7. The smallest absolute Gasteiger partial charge is 0.481 e. The van der Waals surface area contributed by atoms with Crippen LogP contribution in [0.2, 0.25) is 0 Å². The van der Waals surface area contributed by atoms with Gasteiger partial charge in [0.2, 0.25) is 47.3 Å². The molecule has 1 rings (SSSR count). The van der Waals surface area contributed by atoms with Crippen molar-refractivity contribution >= 4 is 92.7 Å². The van der Waals surface area contributed by atoms with E-state index in [9.17, 15) is 71.3 Å². The highest BCUT2D eigenvalue weighted by molar-refractivity contribution is 8.76. The summed E-state index contributed by atoms with van der Waals surface area (Å²) in [6.07, 6.45) is -7.06. The number of nitrogens with two attached hydrogens (primary N) is 4. The van der Waals surface area contributed by atoms with E-state index in [1.807, 2.05) is 0 Å². The Hall–Kier alpha value is -6.11. The molecule has 350 valence electrons. The standard InChI is InChI=1S/C29H48N12O12S2.C2HF3O2/c1-12(2)22-28(53)40-17(23(31)48)11-55-54-10-13(30)24(49)35-8-18(42)37-14(4-3-5-34-29(32)33)25(50)36-9-19(43)38-15(6-20(44)45)26(51)39-16(7-21(46)47)27(52)41-22;3-2(4,5)1(6)7/h12-17,22H,3-11,30H2,1-2H3,(H2,31,48)(H,35,49)(H,36,50)(H,37,42)(H,38,43)(H,39,51)(H,40,53)(H,41,52)(H,44,45)(H,46,47)(H4,32,33,34);(H,6,7). The quantitative estimate of drug-likeness (QED) is 0.0420. The van der Waals surface area contributed by atoms with Crippen molar-refractivity contribution in [1.82, 2.24) is 37.2 Å². The van der Waals surface area contributed by atoms with Crippen molar-refractivity contribution in [2.24, 2.45) is 33.8 Å². The number of carbonyl (C=O) groups is 11. The lowest BCUT2D eigenvalue weighted by Crippen LogP contribution is -2.60. The van der Waals surface area contributed by atoms with Gasteiger partial charge in [0.1, 0.15) is 30.2 Å². The highest BCUT2D eigenvalue weighted by atomic mass is 33.1. The maximum Gasteiger partial charge on any atom is 0.490 e. The molecule has 0 aromatic heterocycles. The van der Waals surface area contributed by atoms with Crippen LogP contribution in [0.25, 0.3) is 0 Å². The summed E-state index contributed by atoms with van der Waals surface area (Å²) in [6, 6.07) is -8.93. The maximum absolute atomic E-state index is 13.3. The van der Waals surface area contributed by atoms with Crippen molar-refractivity contribution in [2.75, 3.05) is 31.1 Å². The second kappa shape index (κ2) is 27.7. The number of guanidine groups is 1. The van der Waals surface area contributed by atoms with Crippen molar-refractivity contribution in [2.45, 2.75) is 82.0 Å². The molecule has 0 saturated carbocycles. The number of carboxylic acid groups (broad SMARTS) is 3. The summed E-state index contributed by atoms with van der Waals surface area (Å²) in [4.78, 5) is 139. The first kappa shape index (κ1) is 55.9. The van der Waals surface area contributed by atoms with Crippen molar-refractivity contribution in [3.05, 3.63) is 0 Å². The highest BCUT2D eigenvalue weighted by Crippen LogP contribution is 2.23. The molecule has 1 fully saturated rings. The van der Waals surface area contributed by atoms with Gasteiger partial charge in [0.25, 0.3) is 0 Å². The molecule has 26 nitrogen and oxygen atoms in total. The predicted octanol–water partition coefficient (Wildman–Crippen LogP) is -5.86. The third-order valence-electron chi connectivity index (χ3n) is 7.54. The van der Waals surface area contributed by atoms with Crippen molar-refractivity contribution in [1.29, 1.82) is 0 Å². The summed E-state index contributed by atoms with van der Waals surface area (Å²) in [6.45, 7) is 1.63. The average Bonchev–Trinajstić information content (AvgIpc) is 3.15. The normalized spacial score (nSPS) is 23.2. The van der Waals surface area contributed by atoms with Crippen LogP contribution in [-0.2, 0) is 52.7 Å². The second-order valence-electron chi connectivity index (χ2n) is 13.1. The number of nitrogens with zero attached hydrogens (tertiary/aromatic N) is 1. The summed E-state index contributed by atoms with van der Waals surface area (Å²) in [5.74, 6) is -14.9. The lowest BCUT2D eigenvalue weighted by Gasteiger charge is -2.27. The molecular weight excluding hydrogens is 886 g/mol. The zero-order valence-electron chi connectivity index (χ0n) is 32.9. The van der Waals surface area contributed by atoms with Crippen molar-refractivity contribution in [3.63, 3.8) is 0 Å². The molecule has 6 atom stereocenters. The summed E-state index contributed by atoms with van der Waals surface area (Å²) >= 11 is 0. The van der Waals surface area contributed by atoms with E-state index in [4.69, 9.17) is 32.8 Å². The maximum atomic E-state index is 13.3. The Morgan fingerprint density at radius 2 is 1.18 bits per heavy atom. The largest absolute Gasteiger partial charge is 0.490 e. The van der Waals surface area contributed by atoms with Gasteiger partial charge in [-0.25, -0.2) is 4.79 Å². The molecule has 0 spiro atoms. The van der Waals surface area contributed by atoms with Gasteiger partial charge in [-0.2, -0.15) is 13.2 Å². The van der Waals surface area contributed by atoms with Crippen LogP contribution in [-0.4, -0.2) is 160 Å². The lowest BCUT2D eigenvalue weighted by atomic mass is 10.0. The Labute approximate surface area is 357 Å². The predicted molar refractivity (Wildman–Crippen MR) is 211 cm³/mol. The second-order valence-corrected chi connectivity index (χ2v) is 15.6. The molecule has 0 bridgehead atoms. The van der Waals surface area contributed by atoms with Crippen LogP contribution in [0.15, 0.2) is 4.99 Å². The molecule has 18 N–H and O–H groups in total. The molecule has 1 saturated heterocycles. The van der Waals surface area contributed by atoms with E-state index in [1.165, 1.54) is 13.8 Å². The number of alkyl halides is 3. The van der Waals surface area contributed by atoms with Crippen LogP contribution in [0, 0.1) is 5.92 Å². The van der Waals surface area contributed by atoms with Gasteiger partial charge < -0.3 is 75.5 Å². The minimum absolute atomic E-state index is 0.0237. The van der Waals surface area contributed by atoms with Gasteiger partial charge in [-0.05, 0) is 18.8 Å². The number of carboxylic acids is 3. The van der Waals surface area contributed by atoms with E-state index in [2.05, 4.69) is 42.2 Å². The highest BCUT2D eigenvalue weighted by Gasteiger charge is 2.38. The fourth-order valence-corrected chi connectivity index (χ4v) is 6.75. The minimum atomic E-state index is -5.08. The van der Waals surface area contributed by atoms with Gasteiger partial charge in [-0.3, -0.25) is 52.9 Å².